The van der Waals surface area contributed by atoms with Gasteiger partial charge in [0.25, 0.3) is 0 Å². The summed E-state index contributed by atoms with van der Waals surface area (Å²) in [6.45, 7) is 1.88. The first kappa shape index (κ1) is 9.83. The van der Waals surface area contributed by atoms with Crippen molar-refractivity contribution in [2.75, 3.05) is 25.5 Å². The molecule has 4 nitrogen and oxygen atoms in total. The van der Waals surface area contributed by atoms with Crippen LogP contribution < -0.4 is 15.4 Å². The standard InChI is InChI=1S/C11H15N3O/c1-15-10-5-3-9(4-6-10)14-11-12-7-2-8-13-11/h3-6H,2,7-8H2,1H3,(H2,12,13,14). The number of rotatable bonds is 2. The molecule has 0 radical (unpaired) electrons. The highest BCUT2D eigenvalue weighted by atomic mass is 16.5. The first-order valence-electron chi connectivity index (χ1n) is 5.08. The second-order valence-electron chi connectivity index (χ2n) is 3.36. The summed E-state index contributed by atoms with van der Waals surface area (Å²) in [7, 11) is 1.66. The molecule has 1 aliphatic rings. The van der Waals surface area contributed by atoms with Crippen LogP contribution in [-0.2, 0) is 0 Å². The van der Waals surface area contributed by atoms with Gasteiger partial charge in [-0.2, -0.15) is 0 Å². The number of hydrogen-bond acceptors (Lipinski definition) is 4. The third kappa shape index (κ3) is 2.62. The Balaban J connectivity index is 2.00. The van der Waals surface area contributed by atoms with E-state index in [0.717, 1.165) is 36.9 Å². The van der Waals surface area contributed by atoms with Crippen molar-refractivity contribution in [1.82, 2.24) is 5.32 Å². The molecule has 2 rings (SSSR count). The molecule has 0 aromatic heterocycles. The van der Waals surface area contributed by atoms with E-state index in [-0.39, 0.29) is 0 Å². The maximum Gasteiger partial charge on any atom is 0.195 e. The Morgan fingerprint density at radius 1 is 1.33 bits per heavy atom. The molecule has 80 valence electrons. The molecule has 0 bridgehead atoms. The number of nitrogens with zero attached hydrogens (tertiary/aromatic N) is 1. The molecule has 2 N–H and O–H groups in total. The van der Waals surface area contributed by atoms with E-state index in [9.17, 15) is 0 Å². The Hall–Kier alpha value is -1.71. The Morgan fingerprint density at radius 2 is 2.13 bits per heavy atom. The van der Waals surface area contributed by atoms with E-state index in [1.54, 1.807) is 7.11 Å². The molecule has 0 saturated heterocycles. The van der Waals surface area contributed by atoms with Gasteiger partial charge in [-0.05, 0) is 30.7 Å². The van der Waals surface area contributed by atoms with Gasteiger partial charge in [0.2, 0.25) is 0 Å². The number of aliphatic imine (C=N–C) groups is 1. The van der Waals surface area contributed by atoms with Gasteiger partial charge in [-0.25, -0.2) is 0 Å². The molecule has 0 atom stereocenters. The van der Waals surface area contributed by atoms with Crippen LogP contribution in [0.2, 0.25) is 0 Å². The molecule has 4 heteroatoms. The van der Waals surface area contributed by atoms with E-state index in [1.165, 1.54) is 0 Å². The van der Waals surface area contributed by atoms with Crippen molar-refractivity contribution in [3.05, 3.63) is 24.3 Å². The van der Waals surface area contributed by atoms with Crippen molar-refractivity contribution in [2.24, 2.45) is 4.99 Å². The van der Waals surface area contributed by atoms with Crippen molar-refractivity contribution in [3.63, 3.8) is 0 Å². The summed E-state index contributed by atoms with van der Waals surface area (Å²) < 4.78 is 5.09. The highest BCUT2D eigenvalue weighted by molar-refractivity contribution is 5.93. The fraction of sp³-hybridized carbons (Fsp3) is 0.364. The lowest BCUT2D eigenvalue weighted by atomic mass is 10.3. The van der Waals surface area contributed by atoms with Crippen LogP contribution in [0.1, 0.15) is 6.42 Å². The molecular formula is C11H15N3O. The molecule has 0 aliphatic carbocycles. The maximum absolute atomic E-state index is 5.09. The molecule has 15 heavy (non-hydrogen) atoms. The first-order valence-corrected chi connectivity index (χ1v) is 5.08. The van der Waals surface area contributed by atoms with Crippen molar-refractivity contribution >= 4 is 11.6 Å². The highest BCUT2D eigenvalue weighted by Gasteiger charge is 2.03. The average molecular weight is 205 g/mol. The summed E-state index contributed by atoms with van der Waals surface area (Å²) in [6, 6.07) is 7.78. The van der Waals surface area contributed by atoms with Crippen LogP contribution in [0.25, 0.3) is 0 Å². The highest BCUT2D eigenvalue weighted by Crippen LogP contribution is 2.14. The Labute approximate surface area is 89.4 Å². The van der Waals surface area contributed by atoms with E-state index in [1.807, 2.05) is 24.3 Å². The molecule has 0 unspecified atom stereocenters. The van der Waals surface area contributed by atoms with Crippen molar-refractivity contribution in [3.8, 4) is 5.75 Å². The van der Waals surface area contributed by atoms with E-state index in [4.69, 9.17) is 4.74 Å². The van der Waals surface area contributed by atoms with Crippen LogP contribution in [0.5, 0.6) is 5.75 Å². The summed E-state index contributed by atoms with van der Waals surface area (Å²) >= 11 is 0. The Bertz CT molecular complexity index is 345. The molecule has 1 aromatic carbocycles. The molecule has 1 aliphatic heterocycles. The Kier molecular flexibility index (Phi) is 3.07. The van der Waals surface area contributed by atoms with E-state index < -0.39 is 0 Å². The summed E-state index contributed by atoms with van der Waals surface area (Å²) in [5, 5.41) is 6.42. The fourth-order valence-corrected chi connectivity index (χ4v) is 1.43. The normalized spacial score (nSPS) is 15.1. The number of nitrogens with one attached hydrogen (secondary N) is 2. The summed E-state index contributed by atoms with van der Waals surface area (Å²) in [6.07, 6.45) is 1.10. The second kappa shape index (κ2) is 4.68. The number of anilines is 1. The minimum atomic E-state index is 0.853. The third-order valence-electron chi connectivity index (χ3n) is 2.25. The first-order chi connectivity index (χ1) is 7.38. The van der Waals surface area contributed by atoms with Gasteiger partial charge < -0.3 is 15.4 Å². The largest absolute Gasteiger partial charge is 0.497 e. The summed E-state index contributed by atoms with van der Waals surface area (Å²) in [5.74, 6) is 1.71. The van der Waals surface area contributed by atoms with E-state index in [0.29, 0.717) is 0 Å². The minimum Gasteiger partial charge on any atom is -0.497 e. The van der Waals surface area contributed by atoms with Crippen LogP contribution in [0, 0.1) is 0 Å². The number of benzene rings is 1. The van der Waals surface area contributed by atoms with E-state index in [2.05, 4.69) is 15.6 Å². The minimum absolute atomic E-state index is 0.853. The molecule has 1 aromatic rings. The van der Waals surface area contributed by atoms with Crippen LogP contribution >= 0.6 is 0 Å². The van der Waals surface area contributed by atoms with Gasteiger partial charge in [-0.3, -0.25) is 4.99 Å². The van der Waals surface area contributed by atoms with Crippen LogP contribution in [0.15, 0.2) is 29.3 Å². The molecule has 0 fully saturated rings. The number of ether oxygens (including phenoxy) is 1. The van der Waals surface area contributed by atoms with Crippen LogP contribution in [-0.4, -0.2) is 26.2 Å². The van der Waals surface area contributed by atoms with Crippen LogP contribution in [0.4, 0.5) is 5.69 Å². The van der Waals surface area contributed by atoms with Gasteiger partial charge in [0.05, 0.1) is 7.11 Å². The zero-order valence-electron chi connectivity index (χ0n) is 8.79. The lowest BCUT2D eigenvalue weighted by Crippen LogP contribution is -2.35. The molecule has 1 heterocycles. The lowest BCUT2D eigenvalue weighted by Gasteiger charge is -2.16. The van der Waals surface area contributed by atoms with E-state index >= 15 is 0 Å². The van der Waals surface area contributed by atoms with Gasteiger partial charge in [0.1, 0.15) is 5.75 Å². The number of hydrogen-bond donors (Lipinski definition) is 2. The lowest BCUT2D eigenvalue weighted by molar-refractivity contribution is 0.415. The number of methoxy groups -OCH3 is 1. The van der Waals surface area contributed by atoms with Crippen molar-refractivity contribution in [1.29, 1.82) is 0 Å². The Morgan fingerprint density at radius 3 is 2.73 bits per heavy atom. The predicted molar refractivity (Wildman–Crippen MR) is 61.5 cm³/mol. The van der Waals surface area contributed by atoms with Crippen LogP contribution in [0.3, 0.4) is 0 Å². The SMILES string of the molecule is COc1ccc(NC2=NCCCN2)cc1. The second-order valence-corrected chi connectivity index (χ2v) is 3.36. The smallest absolute Gasteiger partial charge is 0.195 e. The third-order valence-corrected chi connectivity index (χ3v) is 2.25. The molecule has 0 spiro atoms. The number of guanidine groups is 1. The maximum atomic E-state index is 5.09. The van der Waals surface area contributed by atoms with Gasteiger partial charge >= 0.3 is 0 Å². The van der Waals surface area contributed by atoms with Gasteiger partial charge in [0, 0.05) is 18.8 Å². The zero-order chi connectivity index (χ0) is 10.5. The quantitative estimate of drug-likeness (QED) is 0.768. The molecule has 0 amide bonds. The average Bonchev–Trinajstić information content (AvgIpc) is 2.31. The van der Waals surface area contributed by atoms with Crippen molar-refractivity contribution < 1.29 is 4.74 Å². The van der Waals surface area contributed by atoms with Gasteiger partial charge in [-0.1, -0.05) is 0 Å². The predicted octanol–water partition coefficient (Wildman–Crippen LogP) is 1.46. The van der Waals surface area contributed by atoms with Gasteiger partial charge in [-0.15, -0.1) is 0 Å². The van der Waals surface area contributed by atoms with Crippen molar-refractivity contribution in [2.45, 2.75) is 6.42 Å². The molecule has 0 saturated carbocycles. The topological polar surface area (TPSA) is 45.6 Å². The fourth-order valence-electron chi connectivity index (χ4n) is 1.43. The summed E-state index contributed by atoms with van der Waals surface area (Å²) in [4.78, 5) is 4.33. The zero-order valence-corrected chi connectivity index (χ0v) is 8.79. The van der Waals surface area contributed by atoms with Gasteiger partial charge in [0.15, 0.2) is 5.96 Å². The summed E-state index contributed by atoms with van der Waals surface area (Å²) in [5.41, 5.74) is 1.02. The monoisotopic (exact) mass is 205 g/mol. The molecular weight excluding hydrogens is 190 g/mol.